The largest absolute Gasteiger partial charge is 0.496 e. The van der Waals surface area contributed by atoms with E-state index in [1.807, 2.05) is 18.2 Å². The number of methoxy groups -OCH3 is 1. The molecule has 2 N–H and O–H groups in total. The van der Waals surface area contributed by atoms with Crippen LogP contribution in [0.3, 0.4) is 0 Å². The summed E-state index contributed by atoms with van der Waals surface area (Å²) in [5.41, 5.74) is 6.30. The molecule has 0 spiro atoms. The molecule has 1 amide bonds. The lowest BCUT2D eigenvalue weighted by molar-refractivity contribution is -0.119. The summed E-state index contributed by atoms with van der Waals surface area (Å²) in [6.07, 6.45) is 3.19. The Bertz CT molecular complexity index is 814. The van der Waals surface area contributed by atoms with Crippen LogP contribution < -0.4 is 15.2 Å². The van der Waals surface area contributed by atoms with E-state index >= 15 is 0 Å². The van der Waals surface area contributed by atoms with Crippen molar-refractivity contribution in [2.45, 2.75) is 0 Å². The standard InChI is InChI=1S/C18H15Br2NO4/c1-24-17-9-14(25-10-18(21)23)3-4-15(17)16(22)5-2-11-6-12(19)8-13(20)7-11/h2-9H,10H2,1H3,(H2,21,23)/b5-2+. The van der Waals surface area contributed by atoms with E-state index in [9.17, 15) is 9.59 Å². The smallest absolute Gasteiger partial charge is 0.255 e. The number of ether oxygens (including phenoxy) is 2. The Morgan fingerprint density at radius 1 is 1.12 bits per heavy atom. The van der Waals surface area contributed by atoms with Crippen molar-refractivity contribution in [1.82, 2.24) is 0 Å². The van der Waals surface area contributed by atoms with E-state index in [1.54, 1.807) is 24.3 Å². The van der Waals surface area contributed by atoms with Gasteiger partial charge in [-0.2, -0.15) is 0 Å². The van der Waals surface area contributed by atoms with Crippen molar-refractivity contribution >= 4 is 49.6 Å². The van der Waals surface area contributed by atoms with Gasteiger partial charge in [0.25, 0.3) is 5.91 Å². The maximum Gasteiger partial charge on any atom is 0.255 e. The number of halogens is 2. The fourth-order valence-electron chi connectivity index (χ4n) is 2.05. The first kappa shape index (κ1) is 19.2. The summed E-state index contributed by atoms with van der Waals surface area (Å²) in [5.74, 6) is -0.0456. The number of primary amides is 1. The van der Waals surface area contributed by atoms with Gasteiger partial charge in [0.15, 0.2) is 12.4 Å². The molecule has 5 nitrogen and oxygen atoms in total. The van der Waals surface area contributed by atoms with Crippen LogP contribution in [0.4, 0.5) is 0 Å². The number of nitrogens with two attached hydrogens (primary N) is 1. The molecule has 0 unspecified atom stereocenters. The molecule has 0 aliphatic carbocycles. The van der Waals surface area contributed by atoms with Crippen LogP contribution in [-0.2, 0) is 4.79 Å². The van der Waals surface area contributed by atoms with Gasteiger partial charge in [-0.3, -0.25) is 9.59 Å². The van der Waals surface area contributed by atoms with E-state index in [0.717, 1.165) is 14.5 Å². The predicted octanol–water partition coefficient (Wildman–Crippen LogP) is 3.98. The number of amides is 1. The zero-order chi connectivity index (χ0) is 18.4. The van der Waals surface area contributed by atoms with E-state index in [1.165, 1.54) is 13.2 Å². The Morgan fingerprint density at radius 2 is 1.80 bits per heavy atom. The Hall–Kier alpha value is -2.12. The molecule has 0 bridgehead atoms. The minimum Gasteiger partial charge on any atom is -0.496 e. The number of rotatable bonds is 7. The van der Waals surface area contributed by atoms with Gasteiger partial charge in [0.2, 0.25) is 0 Å². The average molecular weight is 469 g/mol. The van der Waals surface area contributed by atoms with E-state index < -0.39 is 5.91 Å². The summed E-state index contributed by atoms with van der Waals surface area (Å²) < 4.78 is 12.3. The molecule has 2 rings (SSSR count). The first-order chi connectivity index (χ1) is 11.9. The summed E-state index contributed by atoms with van der Waals surface area (Å²) in [6.45, 7) is -0.242. The van der Waals surface area contributed by atoms with E-state index in [4.69, 9.17) is 15.2 Å². The maximum absolute atomic E-state index is 12.4. The topological polar surface area (TPSA) is 78.6 Å². The SMILES string of the molecule is COc1cc(OCC(N)=O)ccc1C(=O)/C=C/c1cc(Br)cc(Br)c1. The molecule has 25 heavy (non-hydrogen) atoms. The third-order valence-corrected chi connectivity index (χ3v) is 4.05. The van der Waals surface area contributed by atoms with Gasteiger partial charge in [-0.25, -0.2) is 0 Å². The molecule has 2 aromatic carbocycles. The highest BCUT2D eigenvalue weighted by Crippen LogP contribution is 2.26. The molecule has 0 aliphatic heterocycles. The van der Waals surface area contributed by atoms with Gasteiger partial charge in [0, 0.05) is 15.0 Å². The van der Waals surface area contributed by atoms with Crippen LogP contribution in [0, 0.1) is 0 Å². The number of hydrogen-bond acceptors (Lipinski definition) is 4. The predicted molar refractivity (Wildman–Crippen MR) is 103 cm³/mol. The minimum atomic E-state index is -0.581. The quantitative estimate of drug-likeness (QED) is 0.492. The van der Waals surface area contributed by atoms with Gasteiger partial charge in [-0.1, -0.05) is 37.9 Å². The number of allylic oxidation sites excluding steroid dienone is 1. The molecule has 0 fully saturated rings. The summed E-state index contributed by atoms with van der Waals surface area (Å²) >= 11 is 6.81. The number of carbonyl (C=O) groups excluding carboxylic acids is 2. The molecule has 2 aromatic rings. The first-order valence-corrected chi connectivity index (χ1v) is 8.75. The lowest BCUT2D eigenvalue weighted by atomic mass is 10.1. The van der Waals surface area contributed by atoms with Crippen LogP contribution in [0.5, 0.6) is 11.5 Å². The fourth-order valence-corrected chi connectivity index (χ4v) is 3.38. The van der Waals surface area contributed by atoms with Crippen molar-refractivity contribution in [2.75, 3.05) is 13.7 Å². The monoisotopic (exact) mass is 467 g/mol. The molecular weight excluding hydrogens is 454 g/mol. The normalized spacial score (nSPS) is 10.7. The Labute approximate surface area is 162 Å². The third-order valence-electron chi connectivity index (χ3n) is 3.13. The van der Waals surface area contributed by atoms with Crippen LogP contribution in [0.1, 0.15) is 15.9 Å². The molecule has 7 heteroatoms. The number of ketones is 1. The van der Waals surface area contributed by atoms with E-state index in [2.05, 4.69) is 31.9 Å². The van der Waals surface area contributed by atoms with Crippen molar-refractivity contribution in [3.63, 3.8) is 0 Å². The molecule has 0 radical (unpaired) electrons. The zero-order valence-electron chi connectivity index (χ0n) is 13.3. The van der Waals surface area contributed by atoms with Crippen molar-refractivity contribution < 1.29 is 19.1 Å². The molecular formula is C18H15Br2NO4. The molecule has 0 heterocycles. The van der Waals surface area contributed by atoms with Crippen LogP contribution in [-0.4, -0.2) is 25.4 Å². The van der Waals surface area contributed by atoms with Crippen LogP contribution in [0.25, 0.3) is 6.08 Å². The summed E-state index contributed by atoms with van der Waals surface area (Å²) in [7, 11) is 1.46. The molecule has 0 saturated heterocycles. The van der Waals surface area contributed by atoms with E-state index in [-0.39, 0.29) is 12.4 Å². The lowest BCUT2D eigenvalue weighted by Crippen LogP contribution is -2.20. The van der Waals surface area contributed by atoms with Gasteiger partial charge < -0.3 is 15.2 Å². The Balaban J connectivity index is 2.20. The molecule has 0 aliphatic rings. The fraction of sp³-hybridized carbons (Fsp3) is 0.111. The summed E-state index contributed by atoms with van der Waals surface area (Å²) in [4.78, 5) is 23.2. The highest BCUT2D eigenvalue weighted by molar-refractivity contribution is 9.11. The Kier molecular flexibility index (Phi) is 6.78. The maximum atomic E-state index is 12.4. The first-order valence-electron chi connectivity index (χ1n) is 7.16. The van der Waals surface area contributed by atoms with Crippen LogP contribution in [0.2, 0.25) is 0 Å². The second kappa shape index (κ2) is 8.82. The number of benzene rings is 2. The highest BCUT2D eigenvalue weighted by Gasteiger charge is 2.11. The summed E-state index contributed by atoms with van der Waals surface area (Å²) in [5, 5.41) is 0. The minimum absolute atomic E-state index is 0.214. The highest BCUT2D eigenvalue weighted by atomic mass is 79.9. The molecule has 0 atom stereocenters. The van der Waals surface area contributed by atoms with Crippen molar-refractivity contribution in [3.8, 4) is 11.5 Å². The van der Waals surface area contributed by atoms with Gasteiger partial charge in [-0.15, -0.1) is 0 Å². The van der Waals surface area contributed by atoms with Crippen LogP contribution in [0.15, 0.2) is 51.4 Å². The van der Waals surface area contributed by atoms with Crippen molar-refractivity contribution in [2.24, 2.45) is 5.73 Å². The van der Waals surface area contributed by atoms with E-state index in [0.29, 0.717) is 17.1 Å². The molecule has 130 valence electrons. The van der Waals surface area contributed by atoms with Crippen molar-refractivity contribution in [1.29, 1.82) is 0 Å². The van der Waals surface area contributed by atoms with Gasteiger partial charge in [0.05, 0.1) is 12.7 Å². The second-order valence-electron chi connectivity index (χ2n) is 5.02. The zero-order valence-corrected chi connectivity index (χ0v) is 16.5. The van der Waals surface area contributed by atoms with Gasteiger partial charge >= 0.3 is 0 Å². The number of hydrogen-bond donors (Lipinski definition) is 1. The third kappa shape index (κ3) is 5.72. The van der Waals surface area contributed by atoms with Crippen molar-refractivity contribution in [3.05, 3.63) is 62.5 Å². The van der Waals surface area contributed by atoms with Crippen LogP contribution >= 0.6 is 31.9 Å². The number of carbonyl (C=O) groups is 2. The van der Waals surface area contributed by atoms with Gasteiger partial charge in [0.1, 0.15) is 11.5 Å². The molecule has 0 saturated carbocycles. The molecule has 0 aromatic heterocycles. The lowest BCUT2D eigenvalue weighted by Gasteiger charge is -2.09. The summed E-state index contributed by atoms with van der Waals surface area (Å²) in [6, 6.07) is 10.4. The Morgan fingerprint density at radius 3 is 2.40 bits per heavy atom. The van der Waals surface area contributed by atoms with Gasteiger partial charge in [-0.05, 0) is 42.0 Å². The second-order valence-corrected chi connectivity index (χ2v) is 6.85. The average Bonchev–Trinajstić information content (AvgIpc) is 2.56.